The molecule has 0 atom stereocenters. The van der Waals surface area contributed by atoms with Gasteiger partial charge in [0, 0.05) is 13.6 Å². The molecule has 0 aromatic carbocycles. The molecule has 1 aromatic heterocycles. The monoisotopic (exact) mass is 255 g/mol. The van der Waals surface area contributed by atoms with Crippen LogP contribution in [-0.2, 0) is 0 Å². The van der Waals surface area contributed by atoms with Crippen molar-refractivity contribution in [2.45, 2.75) is 12.6 Å². The Labute approximate surface area is 94.4 Å². The van der Waals surface area contributed by atoms with E-state index >= 15 is 0 Å². The second-order valence-corrected chi connectivity index (χ2v) is 3.39. The van der Waals surface area contributed by atoms with Crippen molar-refractivity contribution in [3.8, 4) is 0 Å². The van der Waals surface area contributed by atoms with Gasteiger partial charge in [-0.1, -0.05) is 0 Å². The molecule has 1 aromatic rings. The van der Waals surface area contributed by atoms with Gasteiger partial charge in [-0.15, -0.1) is 0 Å². The van der Waals surface area contributed by atoms with E-state index < -0.39 is 12.6 Å². The quantitative estimate of drug-likeness (QED) is 0.886. The maximum absolute atomic E-state index is 12.0. The zero-order chi connectivity index (χ0) is 12.3. The van der Waals surface area contributed by atoms with Gasteiger partial charge >= 0.3 is 6.18 Å². The van der Waals surface area contributed by atoms with Crippen LogP contribution in [-0.4, -0.2) is 34.7 Å². The SMILES string of the molecule is CN(CCC(F)(F)F)c1nc(N)nc(Cl)n1. The summed E-state index contributed by atoms with van der Waals surface area (Å²) in [5.41, 5.74) is 5.28. The molecule has 0 aliphatic carbocycles. The Morgan fingerprint density at radius 1 is 1.31 bits per heavy atom. The van der Waals surface area contributed by atoms with Crippen LogP contribution in [0.1, 0.15) is 6.42 Å². The lowest BCUT2D eigenvalue weighted by Gasteiger charge is -2.17. The lowest BCUT2D eigenvalue weighted by Crippen LogP contribution is -2.26. The molecule has 0 aliphatic rings. The number of nitrogen functional groups attached to an aromatic ring is 1. The maximum Gasteiger partial charge on any atom is 0.390 e. The van der Waals surface area contributed by atoms with Crippen LogP contribution in [0.5, 0.6) is 0 Å². The molecule has 0 spiro atoms. The van der Waals surface area contributed by atoms with E-state index in [0.29, 0.717) is 0 Å². The summed E-state index contributed by atoms with van der Waals surface area (Å²) in [6.07, 6.45) is -5.19. The summed E-state index contributed by atoms with van der Waals surface area (Å²) in [7, 11) is 1.41. The second kappa shape index (κ2) is 4.69. The summed E-state index contributed by atoms with van der Waals surface area (Å²) in [5, 5.41) is -0.152. The smallest absolute Gasteiger partial charge is 0.368 e. The molecule has 1 heterocycles. The van der Waals surface area contributed by atoms with Gasteiger partial charge in [0.15, 0.2) is 0 Å². The van der Waals surface area contributed by atoms with Crippen LogP contribution in [0.4, 0.5) is 25.1 Å². The van der Waals surface area contributed by atoms with Crippen molar-refractivity contribution in [3.63, 3.8) is 0 Å². The van der Waals surface area contributed by atoms with Gasteiger partial charge in [-0.25, -0.2) is 0 Å². The van der Waals surface area contributed by atoms with Crippen LogP contribution in [0.2, 0.25) is 5.28 Å². The van der Waals surface area contributed by atoms with Crippen LogP contribution < -0.4 is 10.6 Å². The molecule has 0 radical (unpaired) electrons. The number of hydrogen-bond acceptors (Lipinski definition) is 5. The number of anilines is 2. The summed E-state index contributed by atoms with van der Waals surface area (Å²) < 4.78 is 35.9. The molecule has 0 saturated carbocycles. The summed E-state index contributed by atoms with van der Waals surface area (Å²) in [5.74, 6) is -0.115. The molecular weight excluding hydrogens is 247 g/mol. The summed E-state index contributed by atoms with van der Waals surface area (Å²) in [6.45, 7) is -0.275. The molecule has 0 bridgehead atoms. The molecule has 0 fully saturated rings. The average Bonchev–Trinajstić information content (AvgIpc) is 2.11. The molecule has 1 rings (SSSR count). The number of nitrogens with zero attached hydrogens (tertiary/aromatic N) is 4. The predicted octanol–water partition coefficient (Wildman–Crippen LogP) is 1.50. The van der Waals surface area contributed by atoms with Gasteiger partial charge in [0.1, 0.15) is 0 Å². The van der Waals surface area contributed by atoms with Gasteiger partial charge in [-0.05, 0) is 11.6 Å². The van der Waals surface area contributed by atoms with Crippen LogP contribution in [0.25, 0.3) is 0 Å². The van der Waals surface area contributed by atoms with E-state index in [2.05, 4.69) is 15.0 Å². The lowest BCUT2D eigenvalue weighted by molar-refractivity contribution is -0.132. The van der Waals surface area contributed by atoms with Crippen molar-refractivity contribution < 1.29 is 13.2 Å². The van der Waals surface area contributed by atoms with E-state index in [1.807, 2.05) is 0 Å². The molecule has 16 heavy (non-hydrogen) atoms. The topological polar surface area (TPSA) is 67.9 Å². The van der Waals surface area contributed by atoms with E-state index in [1.165, 1.54) is 11.9 Å². The fourth-order valence-corrected chi connectivity index (χ4v) is 1.08. The van der Waals surface area contributed by atoms with Crippen molar-refractivity contribution in [1.82, 2.24) is 15.0 Å². The van der Waals surface area contributed by atoms with Crippen molar-refractivity contribution in [2.75, 3.05) is 24.2 Å². The Kier molecular flexibility index (Phi) is 3.74. The summed E-state index contributed by atoms with van der Waals surface area (Å²) >= 11 is 5.49. The molecule has 9 heteroatoms. The normalized spacial score (nSPS) is 11.6. The van der Waals surface area contributed by atoms with Crippen LogP contribution >= 0.6 is 11.6 Å². The van der Waals surface area contributed by atoms with Gasteiger partial charge in [0.2, 0.25) is 17.2 Å². The maximum atomic E-state index is 12.0. The minimum atomic E-state index is -4.23. The van der Waals surface area contributed by atoms with Gasteiger partial charge in [0.05, 0.1) is 6.42 Å². The number of aromatic nitrogens is 3. The molecule has 0 unspecified atom stereocenters. The van der Waals surface area contributed by atoms with Gasteiger partial charge in [0.25, 0.3) is 0 Å². The molecule has 2 N–H and O–H groups in total. The van der Waals surface area contributed by atoms with Gasteiger partial charge in [-0.2, -0.15) is 28.1 Å². The number of halogens is 4. The zero-order valence-electron chi connectivity index (χ0n) is 8.29. The number of alkyl halides is 3. The Morgan fingerprint density at radius 3 is 2.44 bits per heavy atom. The molecule has 0 aliphatic heterocycles. The molecule has 5 nitrogen and oxygen atoms in total. The fourth-order valence-electron chi connectivity index (χ4n) is 0.920. The number of nitrogens with two attached hydrogens (primary N) is 1. The third kappa shape index (κ3) is 4.05. The Hall–Kier alpha value is -1.31. The van der Waals surface area contributed by atoms with E-state index in [-0.39, 0.29) is 23.7 Å². The first-order chi connectivity index (χ1) is 7.28. The van der Waals surface area contributed by atoms with Gasteiger partial charge in [-0.3, -0.25) is 0 Å². The highest BCUT2D eigenvalue weighted by atomic mass is 35.5. The van der Waals surface area contributed by atoms with Crippen LogP contribution in [0, 0.1) is 0 Å². The third-order valence-electron chi connectivity index (χ3n) is 1.69. The van der Waals surface area contributed by atoms with Crippen molar-refractivity contribution >= 4 is 23.5 Å². The Balaban J connectivity index is 2.69. The molecular formula is C7H9ClF3N5. The highest BCUT2D eigenvalue weighted by Crippen LogP contribution is 2.20. The van der Waals surface area contributed by atoms with Crippen LogP contribution in [0.15, 0.2) is 0 Å². The largest absolute Gasteiger partial charge is 0.390 e. The molecule has 0 saturated heterocycles. The summed E-state index contributed by atoms with van der Waals surface area (Å²) in [4.78, 5) is 12.0. The Bertz CT molecular complexity index is 349. The standard InChI is InChI=1S/C7H9ClF3N5/c1-16(3-2-7(9,10)11)6-14-4(8)13-5(12)15-6/h2-3H2,1H3,(H2,12,13,14,15). The average molecular weight is 256 g/mol. The van der Waals surface area contributed by atoms with Crippen LogP contribution in [0.3, 0.4) is 0 Å². The van der Waals surface area contributed by atoms with E-state index in [4.69, 9.17) is 17.3 Å². The number of rotatable bonds is 3. The molecule has 0 amide bonds. The first kappa shape index (κ1) is 12.8. The first-order valence-corrected chi connectivity index (χ1v) is 4.60. The van der Waals surface area contributed by atoms with E-state index in [9.17, 15) is 13.2 Å². The summed E-state index contributed by atoms with van der Waals surface area (Å²) in [6, 6.07) is 0. The van der Waals surface area contributed by atoms with E-state index in [0.717, 1.165) is 0 Å². The second-order valence-electron chi connectivity index (χ2n) is 3.05. The fraction of sp³-hybridized carbons (Fsp3) is 0.571. The van der Waals surface area contributed by atoms with Crippen molar-refractivity contribution in [3.05, 3.63) is 5.28 Å². The van der Waals surface area contributed by atoms with Gasteiger partial charge < -0.3 is 10.6 Å². The predicted molar refractivity (Wildman–Crippen MR) is 53.2 cm³/mol. The third-order valence-corrected chi connectivity index (χ3v) is 1.85. The minimum absolute atomic E-state index is 0.0155. The van der Waals surface area contributed by atoms with Crippen molar-refractivity contribution in [2.24, 2.45) is 0 Å². The number of hydrogen-bond donors (Lipinski definition) is 1. The zero-order valence-corrected chi connectivity index (χ0v) is 9.05. The highest BCUT2D eigenvalue weighted by Gasteiger charge is 2.27. The minimum Gasteiger partial charge on any atom is -0.368 e. The molecule has 90 valence electrons. The van der Waals surface area contributed by atoms with E-state index in [1.54, 1.807) is 0 Å². The highest BCUT2D eigenvalue weighted by molar-refractivity contribution is 6.28. The van der Waals surface area contributed by atoms with Crippen molar-refractivity contribution in [1.29, 1.82) is 0 Å². The Morgan fingerprint density at radius 2 is 1.94 bits per heavy atom. The lowest BCUT2D eigenvalue weighted by atomic mass is 10.4. The first-order valence-electron chi connectivity index (χ1n) is 4.23.